The first-order valence-corrected chi connectivity index (χ1v) is 8.77. The van der Waals surface area contributed by atoms with Gasteiger partial charge in [-0.05, 0) is 50.1 Å². The first-order chi connectivity index (χ1) is 11.9. The van der Waals surface area contributed by atoms with E-state index >= 15 is 0 Å². The first kappa shape index (κ1) is 19.1. The highest BCUT2D eigenvalue weighted by atomic mass is 79.9. The lowest BCUT2D eigenvalue weighted by atomic mass is 10.1. The van der Waals surface area contributed by atoms with Crippen LogP contribution >= 0.6 is 15.9 Å². The van der Waals surface area contributed by atoms with E-state index in [0.29, 0.717) is 16.8 Å². The highest BCUT2D eigenvalue weighted by molar-refractivity contribution is 9.10. The molecule has 2 rings (SSSR count). The van der Waals surface area contributed by atoms with Crippen molar-refractivity contribution in [3.05, 3.63) is 65.5 Å². The molecule has 0 bridgehead atoms. The minimum absolute atomic E-state index is 0.216. The molecule has 0 heterocycles. The third-order valence-corrected chi connectivity index (χ3v) is 4.09. The van der Waals surface area contributed by atoms with Crippen molar-refractivity contribution in [1.29, 1.82) is 0 Å². The number of rotatable bonds is 6. The summed E-state index contributed by atoms with van der Waals surface area (Å²) in [5.74, 6) is -1.12. The third-order valence-electron chi connectivity index (χ3n) is 3.35. The maximum atomic E-state index is 13.7. The number of carbonyl (C=O) groups is 2. The summed E-state index contributed by atoms with van der Waals surface area (Å²) in [6.07, 6.45) is -0.00781. The van der Waals surface area contributed by atoms with E-state index in [1.54, 1.807) is 56.3 Å². The van der Waals surface area contributed by atoms with Crippen molar-refractivity contribution in [2.75, 3.05) is 5.32 Å². The minimum atomic E-state index is -0.601. The number of alkyl halides is 1. The second kappa shape index (κ2) is 8.76. The molecule has 0 radical (unpaired) electrons. The zero-order valence-electron chi connectivity index (χ0n) is 14.0. The number of halogens is 2. The van der Waals surface area contributed by atoms with Crippen molar-refractivity contribution in [1.82, 2.24) is 0 Å². The number of amides is 1. The smallest absolute Gasteiger partial charge is 0.338 e. The van der Waals surface area contributed by atoms with Crippen LogP contribution in [0.2, 0.25) is 0 Å². The van der Waals surface area contributed by atoms with Crippen LogP contribution in [-0.2, 0) is 16.0 Å². The number of hydrogen-bond acceptors (Lipinski definition) is 3. The van der Waals surface area contributed by atoms with Crippen LogP contribution in [0.3, 0.4) is 0 Å². The van der Waals surface area contributed by atoms with Crippen molar-refractivity contribution in [2.24, 2.45) is 0 Å². The van der Waals surface area contributed by atoms with Gasteiger partial charge in [-0.15, -0.1) is 0 Å². The van der Waals surface area contributed by atoms with Crippen LogP contribution in [0, 0.1) is 5.82 Å². The Morgan fingerprint density at radius 3 is 2.56 bits per heavy atom. The summed E-state index contributed by atoms with van der Waals surface area (Å²) in [5, 5.41) is 2.71. The van der Waals surface area contributed by atoms with Crippen LogP contribution < -0.4 is 5.32 Å². The van der Waals surface area contributed by atoms with Crippen molar-refractivity contribution >= 4 is 33.5 Å². The van der Waals surface area contributed by atoms with Crippen LogP contribution in [0.25, 0.3) is 0 Å². The van der Waals surface area contributed by atoms with Crippen molar-refractivity contribution in [3.8, 4) is 0 Å². The normalized spacial score (nSPS) is 11.9. The predicted molar refractivity (Wildman–Crippen MR) is 98.4 cm³/mol. The number of nitrogens with one attached hydrogen (secondary N) is 1. The van der Waals surface area contributed by atoms with Crippen LogP contribution in [-0.4, -0.2) is 22.8 Å². The van der Waals surface area contributed by atoms with Gasteiger partial charge in [0.15, 0.2) is 0 Å². The molecule has 1 N–H and O–H groups in total. The van der Waals surface area contributed by atoms with Gasteiger partial charge in [-0.1, -0.05) is 40.2 Å². The summed E-state index contributed by atoms with van der Waals surface area (Å²) in [6.45, 7) is 3.53. The van der Waals surface area contributed by atoms with E-state index in [4.69, 9.17) is 4.74 Å². The quantitative estimate of drug-likeness (QED) is 0.572. The van der Waals surface area contributed by atoms with E-state index in [2.05, 4.69) is 21.2 Å². The van der Waals surface area contributed by atoms with Gasteiger partial charge in [0.05, 0.1) is 16.5 Å². The molecule has 0 saturated carbocycles. The lowest BCUT2D eigenvalue weighted by molar-refractivity contribution is -0.115. The average molecular weight is 408 g/mol. The molecule has 0 aliphatic carbocycles. The molecule has 132 valence electrons. The average Bonchev–Trinajstić information content (AvgIpc) is 2.56. The van der Waals surface area contributed by atoms with Gasteiger partial charge in [0.1, 0.15) is 5.82 Å². The zero-order chi connectivity index (χ0) is 18.4. The predicted octanol–water partition coefficient (Wildman–Crippen LogP) is 4.34. The summed E-state index contributed by atoms with van der Waals surface area (Å²) in [4.78, 5) is 23.6. The topological polar surface area (TPSA) is 55.4 Å². The third kappa shape index (κ3) is 5.67. The Hall–Kier alpha value is -2.21. The number of hydrogen-bond donors (Lipinski definition) is 1. The van der Waals surface area contributed by atoms with E-state index in [1.807, 2.05) is 0 Å². The Morgan fingerprint density at radius 2 is 1.88 bits per heavy atom. The molecule has 2 aromatic rings. The molecule has 0 aliphatic heterocycles. The molecule has 1 amide bonds. The van der Waals surface area contributed by atoms with Gasteiger partial charge in [0.25, 0.3) is 0 Å². The Balaban J connectivity index is 2.02. The Kier molecular flexibility index (Phi) is 6.70. The maximum Gasteiger partial charge on any atom is 0.338 e. The fraction of sp³-hybridized carbons (Fsp3) is 0.263. The standard InChI is InChI=1S/C19H19BrFNO3/c1-12(2)25-19(24)14-7-5-8-15(10-14)22-18(23)16(20)11-13-6-3-4-9-17(13)21/h3-10,12,16H,11H2,1-2H3,(H,22,23). The van der Waals surface area contributed by atoms with Crippen molar-refractivity contribution < 1.29 is 18.7 Å². The van der Waals surface area contributed by atoms with Crippen molar-refractivity contribution in [3.63, 3.8) is 0 Å². The first-order valence-electron chi connectivity index (χ1n) is 7.86. The van der Waals surface area contributed by atoms with Gasteiger partial charge in [-0.3, -0.25) is 4.79 Å². The molecule has 0 spiro atoms. The number of carbonyl (C=O) groups excluding carboxylic acids is 2. The molecule has 6 heteroatoms. The van der Waals surface area contributed by atoms with Crippen LogP contribution in [0.15, 0.2) is 48.5 Å². The number of anilines is 1. The van der Waals surface area contributed by atoms with Gasteiger partial charge in [-0.2, -0.15) is 0 Å². The molecule has 1 unspecified atom stereocenters. The molecule has 0 fully saturated rings. The van der Waals surface area contributed by atoms with E-state index in [0.717, 1.165) is 0 Å². The lowest BCUT2D eigenvalue weighted by Crippen LogP contribution is -2.25. The van der Waals surface area contributed by atoms with Gasteiger partial charge in [-0.25, -0.2) is 9.18 Å². The van der Waals surface area contributed by atoms with E-state index in [9.17, 15) is 14.0 Å². The van der Waals surface area contributed by atoms with Crippen LogP contribution in [0.4, 0.5) is 10.1 Å². The molecular weight excluding hydrogens is 389 g/mol. The molecule has 25 heavy (non-hydrogen) atoms. The van der Waals surface area contributed by atoms with Gasteiger partial charge in [0.2, 0.25) is 5.91 Å². The van der Waals surface area contributed by atoms with E-state index < -0.39 is 10.8 Å². The fourth-order valence-electron chi connectivity index (χ4n) is 2.18. The number of esters is 1. The van der Waals surface area contributed by atoms with Crippen LogP contribution in [0.5, 0.6) is 0 Å². The summed E-state index contributed by atoms with van der Waals surface area (Å²) in [6, 6.07) is 12.8. The Bertz CT molecular complexity index is 764. The largest absolute Gasteiger partial charge is 0.459 e. The van der Waals surface area contributed by atoms with Gasteiger partial charge in [0, 0.05) is 5.69 Å². The summed E-state index contributed by atoms with van der Waals surface area (Å²) < 4.78 is 18.8. The molecule has 1 atom stereocenters. The Labute approximate surface area is 154 Å². The van der Waals surface area contributed by atoms with Gasteiger partial charge >= 0.3 is 5.97 Å². The minimum Gasteiger partial charge on any atom is -0.459 e. The summed E-state index contributed by atoms with van der Waals surface area (Å²) >= 11 is 3.28. The highest BCUT2D eigenvalue weighted by Crippen LogP contribution is 2.17. The SMILES string of the molecule is CC(C)OC(=O)c1cccc(NC(=O)C(Br)Cc2ccccc2F)c1. The second-order valence-corrected chi connectivity index (χ2v) is 6.89. The molecule has 0 aliphatic rings. The molecule has 0 saturated heterocycles. The molecule has 2 aromatic carbocycles. The summed E-state index contributed by atoms with van der Waals surface area (Å²) in [5.41, 5.74) is 1.28. The lowest BCUT2D eigenvalue weighted by Gasteiger charge is -2.13. The fourth-order valence-corrected chi connectivity index (χ4v) is 2.64. The molecule has 0 aromatic heterocycles. The van der Waals surface area contributed by atoms with E-state index in [1.165, 1.54) is 6.07 Å². The number of benzene rings is 2. The van der Waals surface area contributed by atoms with Crippen LogP contribution in [0.1, 0.15) is 29.8 Å². The second-order valence-electron chi connectivity index (χ2n) is 5.79. The summed E-state index contributed by atoms with van der Waals surface area (Å²) in [7, 11) is 0. The van der Waals surface area contributed by atoms with Gasteiger partial charge < -0.3 is 10.1 Å². The molecular formula is C19H19BrFNO3. The maximum absolute atomic E-state index is 13.7. The zero-order valence-corrected chi connectivity index (χ0v) is 15.5. The van der Waals surface area contributed by atoms with E-state index in [-0.39, 0.29) is 24.2 Å². The monoisotopic (exact) mass is 407 g/mol. The van der Waals surface area contributed by atoms with Crippen molar-refractivity contribution in [2.45, 2.75) is 31.2 Å². The highest BCUT2D eigenvalue weighted by Gasteiger charge is 2.18. The Morgan fingerprint density at radius 1 is 1.16 bits per heavy atom. The molecule has 4 nitrogen and oxygen atoms in total. The number of ether oxygens (including phenoxy) is 1.